The Kier molecular flexibility index (Phi) is 7.42. The molecule has 0 spiro atoms. The van der Waals surface area contributed by atoms with Crippen molar-refractivity contribution in [3.8, 4) is 67.3 Å². The van der Waals surface area contributed by atoms with Crippen molar-refractivity contribution in [2.75, 3.05) is 0 Å². The predicted molar refractivity (Wildman–Crippen MR) is 237 cm³/mol. The molecule has 56 heavy (non-hydrogen) atoms. The maximum absolute atomic E-state index is 5.34. The molecule has 2 nitrogen and oxygen atoms in total. The van der Waals surface area contributed by atoms with E-state index in [-0.39, 0.29) is 5.41 Å². The summed E-state index contributed by atoms with van der Waals surface area (Å²) in [6.45, 7) is 4.65. The molecule has 264 valence electrons. The van der Waals surface area contributed by atoms with Crippen molar-refractivity contribution >= 4 is 42.3 Å². The van der Waals surface area contributed by atoms with E-state index in [4.69, 9.17) is 9.97 Å². The van der Waals surface area contributed by atoms with Crippen LogP contribution in [0.4, 0.5) is 0 Å². The zero-order valence-electron chi connectivity index (χ0n) is 31.1. The smallest absolute Gasteiger partial charge is 0.160 e. The number of fused-ring (bicyclic) bond motifs is 7. The van der Waals surface area contributed by atoms with Crippen LogP contribution in [-0.4, -0.2) is 9.97 Å². The zero-order chi connectivity index (χ0) is 37.4. The van der Waals surface area contributed by atoms with E-state index >= 15 is 0 Å². The Morgan fingerprint density at radius 1 is 0.393 bits per heavy atom. The maximum atomic E-state index is 5.34. The van der Waals surface area contributed by atoms with Crippen molar-refractivity contribution in [1.29, 1.82) is 0 Å². The molecule has 10 aromatic rings. The van der Waals surface area contributed by atoms with Gasteiger partial charge in [-0.3, -0.25) is 0 Å². The number of nitrogens with zero attached hydrogens (tertiary/aromatic N) is 2. The fourth-order valence-corrected chi connectivity index (χ4v) is 10.0. The second-order valence-electron chi connectivity index (χ2n) is 15.4. The van der Waals surface area contributed by atoms with Crippen LogP contribution < -0.4 is 0 Å². The second-order valence-corrected chi connectivity index (χ2v) is 16.5. The van der Waals surface area contributed by atoms with Crippen LogP contribution in [0.15, 0.2) is 182 Å². The number of hydrogen-bond donors (Lipinski definition) is 0. The van der Waals surface area contributed by atoms with Gasteiger partial charge in [0, 0.05) is 42.3 Å². The summed E-state index contributed by atoms with van der Waals surface area (Å²) in [5.41, 5.74) is 14.9. The average Bonchev–Trinajstić information content (AvgIpc) is 3.75. The third-order valence-corrected chi connectivity index (χ3v) is 12.9. The van der Waals surface area contributed by atoms with Gasteiger partial charge in [-0.15, -0.1) is 11.3 Å². The molecule has 0 radical (unpaired) electrons. The monoisotopic (exact) mass is 732 g/mol. The standard InChI is InChI=1S/C53H36N2S/c1-53(2)46-21-10-8-17-42(46)45-31-37(25-26-47(45)53)48-32-49(55-52(54-48)34-14-4-3-5-15-34)40-29-38(36-24-23-33-13-6-7-16-35(33)27-36)28-39(30-40)41-19-12-20-44-43-18-9-11-22-50(43)56-51(41)44/h3-32H,1-2H3. The zero-order valence-corrected chi connectivity index (χ0v) is 31.9. The molecule has 0 saturated carbocycles. The summed E-state index contributed by atoms with van der Waals surface area (Å²) >= 11 is 1.87. The Hall–Kier alpha value is -6.68. The molecule has 0 aliphatic heterocycles. The molecule has 0 amide bonds. The van der Waals surface area contributed by atoms with E-state index in [0.717, 1.165) is 33.6 Å². The van der Waals surface area contributed by atoms with E-state index in [1.807, 2.05) is 17.4 Å². The van der Waals surface area contributed by atoms with Gasteiger partial charge in [-0.2, -0.15) is 0 Å². The average molecular weight is 733 g/mol. The molecule has 0 fully saturated rings. The van der Waals surface area contributed by atoms with E-state index in [9.17, 15) is 0 Å². The first-order valence-corrected chi connectivity index (χ1v) is 20.0. The lowest BCUT2D eigenvalue weighted by Crippen LogP contribution is -2.14. The molecule has 0 bridgehead atoms. The maximum Gasteiger partial charge on any atom is 0.160 e. The first-order chi connectivity index (χ1) is 27.5. The van der Waals surface area contributed by atoms with Crippen molar-refractivity contribution in [3.05, 3.63) is 193 Å². The first-order valence-electron chi connectivity index (χ1n) is 19.2. The summed E-state index contributed by atoms with van der Waals surface area (Å²) in [6, 6.07) is 66.1. The van der Waals surface area contributed by atoms with Crippen molar-refractivity contribution in [2.24, 2.45) is 0 Å². The number of benzene rings is 8. The fourth-order valence-electron chi connectivity index (χ4n) is 8.78. The highest BCUT2D eigenvalue weighted by Gasteiger charge is 2.35. The third-order valence-electron chi connectivity index (χ3n) is 11.7. The Morgan fingerprint density at radius 2 is 1.05 bits per heavy atom. The highest BCUT2D eigenvalue weighted by molar-refractivity contribution is 7.26. The highest BCUT2D eigenvalue weighted by Crippen LogP contribution is 2.50. The predicted octanol–water partition coefficient (Wildman–Crippen LogP) is 14.6. The first kappa shape index (κ1) is 32.7. The van der Waals surface area contributed by atoms with Gasteiger partial charge in [-0.1, -0.05) is 153 Å². The summed E-state index contributed by atoms with van der Waals surface area (Å²) in [5, 5.41) is 5.04. The van der Waals surface area contributed by atoms with Crippen LogP contribution in [0.3, 0.4) is 0 Å². The summed E-state index contributed by atoms with van der Waals surface area (Å²) < 4.78 is 2.60. The molecule has 2 aromatic heterocycles. The molecule has 0 atom stereocenters. The number of rotatable bonds is 5. The van der Waals surface area contributed by atoms with Gasteiger partial charge in [0.25, 0.3) is 0 Å². The van der Waals surface area contributed by atoms with Crippen molar-refractivity contribution in [1.82, 2.24) is 9.97 Å². The lowest BCUT2D eigenvalue weighted by atomic mass is 9.82. The van der Waals surface area contributed by atoms with Crippen molar-refractivity contribution in [3.63, 3.8) is 0 Å². The third kappa shape index (κ3) is 5.31. The molecule has 8 aromatic carbocycles. The topological polar surface area (TPSA) is 25.8 Å². The van der Waals surface area contributed by atoms with Gasteiger partial charge < -0.3 is 0 Å². The van der Waals surface area contributed by atoms with E-state index < -0.39 is 0 Å². The van der Waals surface area contributed by atoms with Crippen molar-refractivity contribution < 1.29 is 0 Å². The van der Waals surface area contributed by atoms with Gasteiger partial charge in [-0.25, -0.2) is 9.97 Å². The molecule has 0 unspecified atom stereocenters. The van der Waals surface area contributed by atoms with Gasteiger partial charge in [-0.05, 0) is 97.7 Å². The molecule has 0 saturated heterocycles. The fraction of sp³-hybridized carbons (Fsp3) is 0.0566. The Morgan fingerprint density at radius 3 is 1.95 bits per heavy atom. The number of thiophene rings is 1. The minimum absolute atomic E-state index is 0.0621. The van der Waals surface area contributed by atoms with Crippen molar-refractivity contribution in [2.45, 2.75) is 19.3 Å². The minimum atomic E-state index is -0.0621. The molecule has 1 aliphatic rings. The summed E-state index contributed by atoms with van der Waals surface area (Å²) in [4.78, 5) is 10.6. The van der Waals surface area contributed by atoms with Crippen LogP contribution in [0.5, 0.6) is 0 Å². The number of hydrogen-bond acceptors (Lipinski definition) is 3. The lowest BCUT2D eigenvalue weighted by Gasteiger charge is -2.21. The molecule has 3 heteroatoms. The van der Waals surface area contributed by atoms with Gasteiger partial charge in [0.1, 0.15) is 0 Å². The van der Waals surface area contributed by atoms with E-state index in [2.05, 4.69) is 190 Å². The molecular weight excluding hydrogens is 697 g/mol. The largest absolute Gasteiger partial charge is 0.228 e. The molecule has 2 heterocycles. The lowest BCUT2D eigenvalue weighted by molar-refractivity contribution is 0.660. The summed E-state index contributed by atoms with van der Waals surface area (Å²) in [5.74, 6) is 0.712. The minimum Gasteiger partial charge on any atom is -0.228 e. The van der Waals surface area contributed by atoms with Crippen LogP contribution in [0.2, 0.25) is 0 Å². The van der Waals surface area contributed by atoms with Crippen LogP contribution >= 0.6 is 11.3 Å². The van der Waals surface area contributed by atoms with Gasteiger partial charge in [0.05, 0.1) is 11.4 Å². The van der Waals surface area contributed by atoms with E-state index in [1.54, 1.807) is 0 Å². The van der Waals surface area contributed by atoms with Crippen LogP contribution in [0.1, 0.15) is 25.0 Å². The molecule has 11 rings (SSSR count). The van der Waals surface area contributed by atoms with E-state index in [1.165, 1.54) is 69.9 Å². The SMILES string of the molecule is CC1(C)c2ccccc2-c2cc(-c3cc(-c4cc(-c5ccc6ccccc6c5)cc(-c5cccc6c5sc5ccccc56)c4)nc(-c4ccccc4)n3)ccc21. The Labute approximate surface area is 330 Å². The molecular formula is C53H36N2S. The quantitative estimate of drug-likeness (QED) is 0.176. The second kappa shape index (κ2) is 12.7. The van der Waals surface area contributed by atoms with E-state index in [0.29, 0.717) is 5.82 Å². The highest BCUT2D eigenvalue weighted by atomic mass is 32.1. The van der Waals surface area contributed by atoms with Gasteiger partial charge in [0.2, 0.25) is 0 Å². The summed E-state index contributed by atoms with van der Waals surface area (Å²) in [6.07, 6.45) is 0. The number of aromatic nitrogens is 2. The van der Waals surface area contributed by atoms with Gasteiger partial charge in [0.15, 0.2) is 5.82 Å². The van der Waals surface area contributed by atoms with Crippen LogP contribution in [0.25, 0.3) is 98.2 Å². The molecule has 0 N–H and O–H groups in total. The summed E-state index contributed by atoms with van der Waals surface area (Å²) in [7, 11) is 0. The normalized spacial score (nSPS) is 13.0. The Bertz CT molecular complexity index is 3170. The Balaban J connectivity index is 1.15. The van der Waals surface area contributed by atoms with Gasteiger partial charge >= 0.3 is 0 Å². The van der Waals surface area contributed by atoms with Crippen LogP contribution in [-0.2, 0) is 5.41 Å². The molecule has 1 aliphatic carbocycles. The van der Waals surface area contributed by atoms with Crippen LogP contribution in [0, 0.1) is 0 Å².